The van der Waals surface area contributed by atoms with Crippen molar-refractivity contribution >= 4 is 11.8 Å². The Balaban J connectivity index is 1.56. The Morgan fingerprint density at radius 1 is 1.00 bits per heavy atom. The maximum Gasteiger partial charge on any atom is 0.275 e. The summed E-state index contributed by atoms with van der Waals surface area (Å²) in [7, 11) is 2.05. The van der Waals surface area contributed by atoms with Crippen molar-refractivity contribution in [1.29, 1.82) is 0 Å². The van der Waals surface area contributed by atoms with Gasteiger partial charge in [0.15, 0.2) is 6.54 Å². The zero-order chi connectivity index (χ0) is 24.2. The molecule has 0 bridgehead atoms. The molecule has 4 rings (SSSR count). The van der Waals surface area contributed by atoms with Crippen molar-refractivity contribution in [3.8, 4) is 0 Å². The first-order valence-electron chi connectivity index (χ1n) is 11.6. The number of carbonyl (C=O) groups is 2. The summed E-state index contributed by atoms with van der Waals surface area (Å²) in [6.07, 6.45) is 0.764. The Bertz CT molecular complexity index is 1110. The standard InChI is InChI=1S/C28H30FN3O2/c1-32(20-26(33)31-18-21-9-8-14-25(29)17-21)16-15-24(19-32)28(27(30)34,22-10-4-2-5-11-22)23-12-6-3-7-13-23/h2-14,17,24H,15-16,18-20H2,1H3,(H2-,30,31,33,34)/p+1/t24?,32-/m0/s1. The number of hydrogen-bond acceptors (Lipinski definition) is 2. The molecule has 3 N–H and O–H groups in total. The first kappa shape index (κ1) is 23.6. The molecule has 2 atom stereocenters. The van der Waals surface area contributed by atoms with E-state index in [1.165, 1.54) is 12.1 Å². The highest BCUT2D eigenvalue weighted by Gasteiger charge is 2.53. The van der Waals surface area contributed by atoms with E-state index in [0.717, 1.165) is 29.7 Å². The van der Waals surface area contributed by atoms with Crippen molar-refractivity contribution in [3.05, 3.63) is 107 Å². The van der Waals surface area contributed by atoms with Gasteiger partial charge in [-0.25, -0.2) is 4.39 Å². The third-order valence-corrected chi connectivity index (χ3v) is 7.04. The van der Waals surface area contributed by atoms with Gasteiger partial charge < -0.3 is 15.5 Å². The molecule has 34 heavy (non-hydrogen) atoms. The lowest BCUT2D eigenvalue weighted by Crippen LogP contribution is -2.53. The summed E-state index contributed by atoms with van der Waals surface area (Å²) in [5.74, 6) is -0.857. The van der Waals surface area contributed by atoms with E-state index in [2.05, 4.69) is 5.32 Å². The Morgan fingerprint density at radius 3 is 2.18 bits per heavy atom. The quantitative estimate of drug-likeness (QED) is 0.506. The van der Waals surface area contributed by atoms with Crippen LogP contribution in [-0.4, -0.2) is 43.0 Å². The van der Waals surface area contributed by atoms with Crippen molar-refractivity contribution in [2.75, 3.05) is 26.7 Å². The summed E-state index contributed by atoms with van der Waals surface area (Å²) >= 11 is 0. The SMILES string of the molecule is C[N@+]1(CC(=O)NCc2cccc(F)c2)CCC(C(C(N)=O)(c2ccccc2)c2ccccc2)C1. The number of likely N-dealkylation sites (N-methyl/N-ethyl adjacent to an activating group) is 1. The van der Waals surface area contributed by atoms with Crippen molar-refractivity contribution in [2.24, 2.45) is 11.7 Å². The summed E-state index contributed by atoms with van der Waals surface area (Å²) in [4.78, 5) is 26.0. The number of nitrogens with zero attached hydrogens (tertiary/aromatic N) is 1. The Hall–Kier alpha value is -3.51. The zero-order valence-electron chi connectivity index (χ0n) is 19.4. The van der Waals surface area contributed by atoms with Gasteiger partial charge in [-0.05, 0) is 28.8 Å². The van der Waals surface area contributed by atoms with E-state index < -0.39 is 5.41 Å². The molecule has 1 heterocycles. The molecular weight excluding hydrogens is 429 g/mol. The summed E-state index contributed by atoms with van der Waals surface area (Å²) in [6, 6.07) is 25.6. The molecule has 0 radical (unpaired) electrons. The molecule has 3 aromatic rings. The molecule has 1 aliphatic rings. The van der Waals surface area contributed by atoms with Crippen LogP contribution in [0.25, 0.3) is 0 Å². The third-order valence-electron chi connectivity index (χ3n) is 7.04. The second-order valence-corrected chi connectivity index (χ2v) is 9.48. The van der Waals surface area contributed by atoms with Crippen molar-refractivity contribution in [1.82, 2.24) is 5.32 Å². The van der Waals surface area contributed by atoms with E-state index in [1.807, 2.05) is 67.7 Å². The van der Waals surface area contributed by atoms with Gasteiger partial charge in [0.1, 0.15) is 11.2 Å². The van der Waals surface area contributed by atoms with Gasteiger partial charge in [-0.1, -0.05) is 72.8 Å². The molecule has 1 aliphatic heterocycles. The molecule has 3 aromatic carbocycles. The minimum Gasteiger partial charge on any atom is -0.369 e. The van der Waals surface area contributed by atoms with E-state index in [0.29, 0.717) is 11.0 Å². The van der Waals surface area contributed by atoms with Gasteiger partial charge in [-0.15, -0.1) is 0 Å². The average Bonchev–Trinajstić information content (AvgIpc) is 3.21. The smallest absolute Gasteiger partial charge is 0.275 e. The monoisotopic (exact) mass is 460 g/mol. The molecule has 0 aromatic heterocycles. The van der Waals surface area contributed by atoms with E-state index in [1.54, 1.807) is 12.1 Å². The number of amides is 2. The maximum atomic E-state index is 13.4. The Morgan fingerprint density at radius 2 is 1.62 bits per heavy atom. The lowest BCUT2D eigenvalue weighted by Gasteiger charge is -2.38. The number of rotatable bonds is 8. The van der Waals surface area contributed by atoms with E-state index in [4.69, 9.17) is 5.73 Å². The topological polar surface area (TPSA) is 72.2 Å². The first-order chi connectivity index (χ1) is 16.3. The second kappa shape index (κ2) is 9.77. The first-order valence-corrected chi connectivity index (χ1v) is 11.6. The van der Waals surface area contributed by atoms with Gasteiger partial charge in [0.2, 0.25) is 5.91 Å². The highest BCUT2D eigenvalue weighted by molar-refractivity contribution is 5.91. The Labute approximate surface area is 200 Å². The van der Waals surface area contributed by atoms with Crippen LogP contribution >= 0.6 is 0 Å². The van der Waals surface area contributed by atoms with E-state index in [9.17, 15) is 14.0 Å². The molecule has 1 fully saturated rings. The molecule has 5 nitrogen and oxygen atoms in total. The van der Waals surface area contributed by atoms with Crippen LogP contribution in [0.4, 0.5) is 4.39 Å². The number of quaternary nitrogens is 1. The average molecular weight is 461 g/mol. The minimum absolute atomic E-state index is 0.0594. The third kappa shape index (κ3) is 4.73. The van der Waals surface area contributed by atoms with Crippen LogP contribution in [-0.2, 0) is 21.5 Å². The fourth-order valence-electron chi connectivity index (χ4n) is 5.46. The summed E-state index contributed by atoms with van der Waals surface area (Å²) < 4.78 is 13.9. The van der Waals surface area contributed by atoms with Crippen LogP contribution in [0.2, 0.25) is 0 Å². The van der Waals surface area contributed by atoms with E-state index in [-0.39, 0.29) is 36.6 Å². The van der Waals surface area contributed by atoms with Crippen LogP contribution in [0.5, 0.6) is 0 Å². The minimum atomic E-state index is -0.976. The number of halogens is 1. The van der Waals surface area contributed by atoms with Crippen LogP contribution < -0.4 is 11.1 Å². The predicted molar refractivity (Wildman–Crippen MR) is 130 cm³/mol. The molecule has 2 amide bonds. The van der Waals surface area contributed by atoms with Crippen molar-refractivity contribution in [3.63, 3.8) is 0 Å². The van der Waals surface area contributed by atoms with Crippen LogP contribution in [0.15, 0.2) is 84.9 Å². The number of nitrogens with one attached hydrogen (secondary N) is 1. The van der Waals surface area contributed by atoms with Crippen LogP contribution in [0.1, 0.15) is 23.1 Å². The number of hydrogen-bond donors (Lipinski definition) is 2. The van der Waals surface area contributed by atoms with Crippen molar-refractivity contribution in [2.45, 2.75) is 18.4 Å². The maximum absolute atomic E-state index is 13.4. The molecular formula is C28H31FN3O2+. The number of primary amides is 1. The molecule has 1 unspecified atom stereocenters. The number of carbonyl (C=O) groups excluding carboxylic acids is 2. The van der Waals surface area contributed by atoms with Gasteiger partial charge in [0.25, 0.3) is 5.91 Å². The number of nitrogens with two attached hydrogens (primary N) is 1. The molecule has 0 spiro atoms. The molecule has 6 heteroatoms. The fourth-order valence-corrected chi connectivity index (χ4v) is 5.46. The highest BCUT2D eigenvalue weighted by Crippen LogP contribution is 2.44. The van der Waals surface area contributed by atoms with Gasteiger partial charge in [0.05, 0.1) is 20.1 Å². The molecule has 0 aliphatic carbocycles. The van der Waals surface area contributed by atoms with Gasteiger partial charge in [-0.2, -0.15) is 0 Å². The summed E-state index contributed by atoms with van der Waals surface area (Å²) in [6.45, 7) is 1.95. The van der Waals surface area contributed by atoms with Gasteiger partial charge in [-0.3, -0.25) is 9.59 Å². The highest BCUT2D eigenvalue weighted by atomic mass is 19.1. The normalized spacial score (nSPS) is 20.1. The number of benzene rings is 3. The summed E-state index contributed by atoms with van der Waals surface area (Å²) in [5, 5.41) is 2.91. The van der Waals surface area contributed by atoms with Crippen molar-refractivity contribution < 1.29 is 18.5 Å². The lowest BCUT2D eigenvalue weighted by atomic mass is 9.64. The van der Waals surface area contributed by atoms with Gasteiger partial charge in [0, 0.05) is 18.9 Å². The lowest BCUT2D eigenvalue weighted by molar-refractivity contribution is -0.891. The van der Waals surface area contributed by atoms with Gasteiger partial charge >= 0.3 is 0 Å². The largest absolute Gasteiger partial charge is 0.369 e. The second-order valence-electron chi connectivity index (χ2n) is 9.48. The van der Waals surface area contributed by atoms with Crippen LogP contribution in [0, 0.1) is 11.7 Å². The fraction of sp³-hybridized carbons (Fsp3) is 0.286. The van der Waals surface area contributed by atoms with Crippen LogP contribution in [0.3, 0.4) is 0 Å². The Kier molecular flexibility index (Phi) is 6.80. The van der Waals surface area contributed by atoms with E-state index >= 15 is 0 Å². The molecule has 176 valence electrons. The number of likely N-dealkylation sites (tertiary alicyclic amines) is 1. The zero-order valence-corrected chi connectivity index (χ0v) is 19.4. The molecule has 0 saturated carbocycles. The summed E-state index contributed by atoms with van der Waals surface area (Å²) in [5.41, 5.74) is 7.67. The molecule has 1 saturated heterocycles. The predicted octanol–water partition coefficient (Wildman–Crippen LogP) is 3.38.